The molecule has 1 amide bonds. The van der Waals surface area contributed by atoms with Crippen LogP contribution in [-0.2, 0) is 11.2 Å². The van der Waals surface area contributed by atoms with Crippen molar-refractivity contribution in [3.8, 4) is 0 Å². The van der Waals surface area contributed by atoms with Gasteiger partial charge < -0.3 is 10.2 Å². The lowest BCUT2D eigenvalue weighted by Gasteiger charge is -2.43. The van der Waals surface area contributed by atoms with Gasteiger partial charge in [0.05, 0.1) is 16.6 Å². The molecular weight excluding hydrogens is 356 g/mol. The summed E-state index contributed by atoms with van der Waals surface area (Å²) >= 11 is 1.75. The number of likely N-dealkylation sites (tertiary alicyclic amines) is 2. The van der Waals surface area contributed by atoms with Crippen LogP contribution >= 0.6 is 11.3 Å². The minimum Gasteiger partial charge on any atom is -0.355 e. The van der Waals surface area contributed by atoms with Crippen LogP contribution < -0.4 is 5.32 Å². The monoisotopic (exact) mass is 392 g/mol. The third kappa shape index (κ3) is 5.52. The molecule has 0 aliphatic carbocycles. The third-order valence-electron chi connectivity index (χ3n) is 6.28. The average Bonchev–Trinajstić information content (AvgIpc) is 2.99. The van der Waals surface area contributed by atoms with Gasteiger partial charge in [-0.25, -0.2) is 4.98 Å². The van der Waals surface area contributed by atoms with Crippen molar-refractivity contribution in [3.63, 3.8) is 0 Å². The summed E-state index contributed by atoms with van der Waals surface area (Å²) in [5, 5.41) is 4.30. The molecule has 152 valence electrons. The average molecular weight is 393 g/mol. The van der Waals surface area contributed by atoms with E-state index in [1.165, 1.54) is 30.8 Å². The lowest BCUT2D eigenvalue weighted by molar-refractivity contribution is -0.127. The van der Waals surface area contributed by atoms with E-state index in [-0.39, 0.29) is 11.8 Å². The standard InChI is InChI=1S/C21H36N4OS/c1-15(2)24-12-8-19(9-13-24)25-11-5-6-18(14-25)21(26)22-10-7-20-23-16(3)17(4)27-20/h15,18-19H,5-14H2,1-4H3,(H,22,26). The molecule has 0 aromatic carbocycles. The topological polar surface area (TPSA) is 48.5 Å². The predicted molar refractivity (Wildman–Crippen MR) is 112 cm³/mol. The number of aryl methyl sites for hydroxylation is 2. The van der Waals surface area contributed by atoms with Gasteiger partial charge in [-0.05, 0) is 73.0 Å². The summed E-state index contributed by atoms with van der Waals surface area (Å²) < 4.78 is 0. The molecule has 2 saturated heterocycles. The number of carbonyl (C=O) groups is 1. The number of hydrogen-bond acceptors (Lipinski definition) is 5. The molecule has 2 aliphatic rings. The van der Waals surface area contributed by atoms with E-state index in [4.69, 9.17) is 0 Å². The van der Waals surface area contributed by atoms with Crippen molar-refractivity contribution >= 4 is 17.2 Å². The SMILES string of the molecule is Cc1nc(CCNC(=O)C2CCCN(C3CCN(C(C)C)CC3)C2)sc1C. The second-order valence-electron chi connectivity index (χ2n) is 8.49. The summed E-state index contributed by atoms with van der Waals surface area (Å²) in [6, 6.07) is 1.31. The molecule has 1 unspecified atom stereocenters. The maximum absolute atomic E-state index is 12.7. The third-order valence-corrected chi connectivity index (χ3v) is 7.41. The first-order valence-electron chi connectivity index (χ1n) is 10.6. The molecule has 27 heavy (non-hydrogen) atoms. The van der Waals surface area contributed by atoms with Gasteiger partial charge in [-0.3, -0.25) is 9.69 Å². The molecule has 3 rings (SSSR count). The molecule has 1 atom stereocenters. The number of amides is 1. The Morgan fingerprint density at radius 1 is 1.22 bits per heavy atom. The van der Waals surface area contributed by atoms with Gasteiger partial charge in [-0.1, -0.05) is 0 Å². The highest BCUT2D eigenvalue weighted by atomic mass is 32.1. The Morgan fingerprint density at radius 3 is 2.59 bits per heavy atom. The van der Waals surface area contributed by atoms with Crippen molar-refractivity contribution in [1.29, 1.82) is 0 Å². The van der Waals surface area contributed by atoms with Crippen LogP contribution in [0.2, 0.25) is 0 Å². The van der Waals surface area contributed by atoms with Crippen molar-refractivity contribution < 1.29 is 4.79 Å². The molecule has 5 nitrogen and oxygen atoms in total. The Balaban J connectivity index is 1.42. The van der Waals surface area contributed by atoms with Crippen LogP contribution in [0.5, 0.6) is 0 Å². The number of piperidine rings is 2. The van der Waals surface area contributed by atoms with E-state index in [0.717, 1.165) is 43.1 Å². The Hall–Kier alpha value is -0.980. The van der Waals surface area contributed by atoms with E-state index < -0.39 is 0 Å². The van der Waals surface area contributed by atoms with Crippen LogP contribution in [0.3, 0.4) is 0 Å². The second kappa shape index (κ2) is 9.48. The van der Waals surface area contributed by atoms with Crippen molar-refractivity contribution in [2.75, 3.05) is 32.7 Å². The van der Waals surface area contributed by atoms with Crippen molar-refractivity contribution in [3.05, 3.63) is 15.6 Å². The minimum atomic E-state index is 0.154. The van der Waals surface area contributed by atoms with E-state index in [0.29, 0.717) is 18.6 Å². The summed E-state index contributed by atoms with van der Waals surface area (Å²) in [6.07, 6.45) is 5.51. The molecule has 1 aromatic heterocycles. The largest absolute Gasteiger partial charge is 0.355 e. The second-order valence-corrected chi connectivity index (χ2v) is 9.77. The molecule has 0 spiro atoms. The lowest BCUT2D eigenvalue weighted by atomic mass is 9.93. The van der Waals surface area contributed by atoms with E-state index >= 15 is 0 Å². The Morgan fingerprint density at radius 2 is 1.96 bits per heavy atom. The number of carbonyl (C=O) groups excluding carboxylic acids is 1. The molecule has 3 heterocycles. The Kier molecular flexibility index (Phi) is 7.29. The van der Waals surface area contributed by atoms with Gasteiger partial charge >= 0.3 is 0 Å². The highest BCUT2D eigenvalue weighted by Crippen LogP contribution is 2.25. The van der Waals surface area contributed by atoms with Crippen molar-refractivity contribution in [2.45, 2.75) is 71.9 Å². The number of thiazole rings is 1. The number of hydrogen-bond donors (Lipinski definition) is 1. The van der Waals surface area contributed by atoms with Crippen LogP contribution in [0.4, 0.5) is 0 Å². The van der Waals surface area contributed by atoms with Gasteiger partial charge in [0.25, 0.3) is 0 Å². The van der Waals surface area contributed by atoms with Gasteiger partial charge in [-0.2, -0.15) is 0 Å². The number of aromatic nitrogens is 1. The van der Waals surface area contributed by atoms with Gasteiger partial charge in [0.15, 0.2) is 0 Å². The van der Waals surface area contributed by atoms with Crippen LogP contribution in [0.15, 0.2) is 0 Å². The smallest absolute Gasteiger partial charge is 0.224 e. The first kappa shape index (κ1) is 20.7. The van der Waals surface area contributed by atoms with Crippen LogP contribution in [0.25, 0.3) is 0 Å². The number of nitrogens with one attached hydrogen (secondary N) is 1. The first-order valence-corrected chi connectivity index (χ1v) is 11.4. The molecule has 2 fully saturated rings. The maximum Gasteiger partial charge on any atom is 0.224 e. The number of rotatable bonds is 6. The quantitative estimate of drug-likeness (QED) is 0.808. The van der Waals surface area contributed by atoms with Crippen LogP contribution in [0.1, 0.15) is 55.1 Å². The molecule has 1 aromatic rings. The molecule has 1 N–H and O–H groups in total. The molecular formula is C21H36N4OS. The molecule has 0 saturated carbocycles. The normalized spacial score (nSPS) is 23.1. The highest BCUT2D eigenvalue weighted by molar-refractivity contribution is 7.11. The van der Waals surface area contributed by atoms with E-state index in [1.807, 2.05) is 0 Å². The van der Waals surface area contributed by atoms with Gasteiger partial charge in [0, 0.05) is 36.5 Å². The zero-order valence-electron chi connectivity index (χ0n) is 17.5. The zero-order valence-corrected chi connectivity index (χ0v) is 18.3. The van der Waals surface area contributed by atoms with Crippen LogP contribution in [0, 0.1) is 19.8 Å². The van der Waals surface area contributed by atoms with Gasteiger partial charge in [0.1, 0.15) is 0 Å². The minimum absolute atomic E-state index is 0.154. The highest BCUT2D eigenvalue weighted by Gasteiger charge is 2.31. The molecule has 0 bridgehead atoms. The van der Waals surface area contributed by atoms with Crippen molar-refractivity contribution in [2.24, 2.45) is 5.92 Å². The van der Waals surface area contributed by atoms with E-state index in [1.54, 1.807) is 11.3 Å². The fourth-order valence-corrected chi connectivity index (χ4v) is 5.34. The number of nitrogens with zero attached hydrogens (tertiary/aromatic N) is 3. The van der Waals surface area contributed by atoms with E-state index in [2.05, 4.69) is 47.8 Å². The molecule has 0 radical (unpaired) electrons. The summed E-state index contributed by atoms with van der Waals surface area (Å²) in [7, 11) is 0. The zero-order chi connectivity index (χ0) is 19.4. The Bertz CT molecular complexity index is 602. The summed E-state index contributed by atoms with van der Waals surface area (Å²) in [5.41, 5.74) is 1.12. The fourth-order valence-electron chi connectivity index (χ4n) is 4.40. The van der Waals surface area contributed by atoms with Gasteiger partial charge in [-0.15, -0.1) is 11.3 Å². The summed E-state index contributed by atoms with van der Waals surface area (Å²) in [4.78, 5) is 23.7. The van der Waals surface area contributed by atoms with Crippen molar-refractivity contribution in [1.82, 2.24) is 20.1 Å². The predicted octanol–water partition coefficient (Wildman–Crippen LogP) is 3.00. The Labute approximate surface area is 168 Å². The maximum atomic E-state index is 12.7. The van der Waals surface area contributed by atoms with Crippen LogP contribution in [-0.4, -0.2) is 65.5 Å². The summed E-state index contributed by atoms with van der Waals surface area (Å²) in [5.74, 6) is 0.394. The van der Waals surface area contributed by atoms with Gasteiger partial charge in [0.2, 0.25) is 5.91 Å². The molecule has 6 heteroatoms. The summed E-state index contributed by atoms with van der Waals surface area (Å²) in [6.45, 7) is 13.9. The molecule has 2 aliphatic heterocycles. The van der Waals surface area contributed by atoms with E-state index in [9.17, 15) is 4.79 Å². The fraction of sp³-hybridized carbons (Fsp3) is 0.810. The lowest BCUT2D eigenvalue weighted by Crippen LogP contribution is -2.51. The first-order chi connectivity index (χ1) is 12.9.